The van der Waals surface area contributed by atoms with Crippen molar-refractivity contribution in [3.8, 4) is 74.2 Å². The fourth-order valence-electron chi connectivity index (χ4n) is 10.6. The molecule has 0 saturated heterocycles. The first-order valence-corrected chi connectivity index (χ1v) is 24.9. The van der Waals surface area contributed by atoms with Crippen LogP contribution >= 0.6 is 0 Å². The number of benzene rings is 6. The number of rotatable bonds is 9. The molecule has 0 spiro atoms. The Kier molecular flexibility index (Phi) is 11.7. The fourth-order valence-corrected chi connectivity index (χ4v) is 10.6. The van der Waals surface area contributed by atoms with Crippen LogP contribution in [0.2, 0.25) is 0 Å². The third-order valence-corrected chi connectivity index (χ3v) is 13.9. The lowest BCUT2D eigenvalue weighted by molar-refractivity contribution is 0.173. The van der Waals surface area contributed by atoms with Crippen LogP contribution in [0.5, 0.6) is 51.7 Å². The standard InChI is InChI=1S/2C19H17N3O3.C19H15N3O3/c3*1-2-23-16-6-4-3-5-12(16)13-8-19-21-20-10-22(19)15-9-18-17(7-14(13)15)24-11-25-18/h2*3-7,9-10,13H,2,8,11H2,1H3;3-10H,2,11H2,1H3/t2*13-;/m10./s1. The van der Waals surface area contributed by atoms with Gasteiger partial charge in [0, 0.05) is 65.0 Å². The molecular weight excluding hydrogens is 955 g/mol. The monoisotopic (exact) mass is 1000 g/mol. The van der Waals surface area contributed by atoms with Crippen LogP contribution in [0.25, 0.3) is 39.1 Å². The second-order valence-electron chi connectivity index (χ2n) is 18.0. The number of nitrogens with zero attached hydrogens (tertiary/aromatic N) is 9. The van der Waals surface area contributed by atoms with Gasteiger partial charge >= 0.3 is 0 Å². The third-order valence-electron chi connectivity index (χ3n) is 13.9. The molecule has 15 rings (SSSR count). The molecule has 2 atom stereocenters. The van der Waals surface area contributed by atoms with E-state index in [2.05, 4.69) is 60.9 Å². The summed E-state index contributed by atoms with van der Waals surface area (Å²) in [5.74, 6) is 9.36. The van der Waals surface area contributed by atoms with E-state index in [-0.39, 0.29) is 32.2 Å². The molecule has 0 aliphatic carbocycles. The molecule has 5 aliphatic heterocycles. The molecule has 0 unspecified atom stereocenters. The van der Waals surface area contributed by atoms with Crippen molar-refractivity contribution in [2.45, 2.75) is 45.4 Å². The molecule has 18 nitrogen and oxygen atoms in total. The molecule has 4 aromatic heterocycles. The Morgan fingerprint density at radius 1 is 0.453 bits per heavy atom. The Morgan fingerprint density at radius 3 is 1.45 bits per heavy atom. The first kappa shape index (κ1) is 45.5. The maximum Gasteiger partial charge on any atom is 0.231 e. The summed E-state index contributed by atoms with van der Waals surface area (Å²) in [5, 5.41) is 26.1. The largest absolute Gasteiger partial charge is 0.494 e. The molecule has 0 fully saturated rings. The van der Waals surface area contributed by atoms with E-state index < -0.39 is 0 Å². The normalized spacial score (nSPS) is 15.7. The molecule has 5 aliphatic rings. The SMILES string of the molecule is CCOc1ccccc1-c1cc2nncn2c2cc3c(cc12)OCO3.CCOc1ccccc1[C@@H]1Cc2nncn2-c2cc3c(cc21)OCO3.CCOc1ccccc1[C@H]1Cc2nncn2-c2cc3c(cc21)OCO3. The topological polar surface area (TPSA) is 175 Å². The van der Waals surface area contributed by atoms with E-state index in [1.165, 1.54) is 11.1 Å². The highest BCUT2D eigenvalue weighted by Crippen LogP contribution is 2.48. The molecule has 0 saturated carbocycles. The highest BCUT2D eigenvalue weighted by molar-refractivity contribution is 6.00. The quantitative estimate of drug-likeness (QED) is 0.134. The van der Waals surface area contributed by atoms with Crippen molar-refractivity contribution in [1.29, 1.82) is 0 Å². The van der Waals surface area contributed by atoms with Gasteiger partial charge in [-0.15, -0.1) is 30.6 Å². The van der Waals surface area contributed by atoms with Gasteiger partial charge in [-0.05, 0) is 79.9 Å². The van der Waals surface area contributed by atoms with Crippen LogP contribution in [0.4, 0.5) is 0 Å². The molecule has 0 N–H and O–H groups in total. The Labute approximate surface area is 429 Å². The van der Waals surface area contributed by atoms with Crippen molar-refractivity contribution in [3.05, 3.63) is 168 Å². The zero-order chi connectivity index (χ0) is 50.4. The smallest absolute Gasteiger partial charge is 0.231 e. The number of pyridine rings is 1. The van der Waals surface area contributed by atoms with E-state index in [1.807, 2.05) is 119 Å². The molecule has 6 aromatic carbocycles. The van der Waals surface area contributed by atoms with Gasteiger partial charge in [0.15, 0.2) is 40.1 Å². The average molecular weight is 1000 g/mol. The molecular formula is C57H49N9O9. The number of fused-ring (bicyclic) bond motifs is 12. The fraction of sp³-hybridized carbons (Fsp3) is 0.228. The molecule has 75 heavy (non-hydrogen) atoms. The number of ether oxygens (including phenoxy) is 9. The van der Waals surface area contributed by atoms with Crippen LogP contribution in [0.15, 0.2) is 134 Å². The second kappa shape index (κ2) is 19.3. The van der Waals surface area contributed by atoms with Crippen LogP contribution in [0, 0.1) is 0 Å². The maximum absolute atomic E-state index is 5.87. The van der Waals surface area contributed by atoms with Gasteiger partial charge in [0.1, 0.15) is 47.9 Å². The Bertz CT molecular complexity index is 3620. The van der Waals surface area contributed by atoms with Gasteiger partial charge in [-0.3, -0.25) is 13.5 Å². The molecule has 9 heterocycles. The van der Waals surface area contributed by atoms with E-state index in [9.17, 15) is 0 Å². The van der Waals surface area contributed by atoms with Crippen molar-refractivity contribution < 1.29 is 42.6 Å². The number of aromatic nitrogens is 9. The summed E-state index contributed by atoms with van der Waals surface area (Å²) in [4.78, 5) is 0. The van der Waals surface area contributed by atoms with Crippen LogP contribution in [-0.2, 0) is 12.8 Å². The first-order chi connectivity index (χ1) is 37.0. The van der Waals surface area contributed by atoms with E-state index in [0.29, 0.717) is 19.8 Å². The minimum atomic E-state index is 0.129. The summed E-state index contributed by atoms with van der Waals surface area (Å²) in [5.41, 5.74) is 10.5. The van der Waals surface area contributed by atoms with E-state index in [4.69, 9.17) is 42.6 Å². The number of para-hydroxylation sites is 3. The number of hydrogen-bond acceptors (Lipinski definition) is 15. The van der Waals surface area contributed by atoms with Gasteiger partial charge in [0.2, 0.25) is 20.4 Å². The predicted octanol–water partition coefficient (Wildman–Crippen LogP) is 9.84. The highest BCUT2D eigenvalue weighted by atomic mass is 16.7. The average Bonchev–Trinajstić information content (AvgIpc) is 4.34. The number of hydrogen-bond donors (Lipinski definition) is 0. The first-order valence-electron chi connectivity index (χ1n) is 24.9. The molecule has 0 bridgehead atoms. The lowest BCUT2D eigenvalue weighted by Crippen LogP contribution is -2.19. The summed E-state index contributed by atoms with van der Waals surface area (Å²) >= 11 is 0. The minimum absolute atomic E-state index is 0.129. The zero-order valence-corrected chi connectivity index (χ0v) is 41.2. The zero-order valence-electron chi connectivity index (χ0n) is 41.2. The van der Waals surface area contributed by atoms with Crippen molar-refractivity contribution in [2.24, 2.45) is 0 Å². The van der Waals surface area contributed by atoms with E-state index in [0.717, 1.165) is 126 Å². The molecule has 0 radical (unpaired) electrons. The summed E-state index contributed by atoms with van der Waals surface area (Å²) in [6.45, 7) is 8.61. The lowest BCUT2D eigenvalue weighted by Gasteiger charge is -2.28. The van der Waals surface area contributed by atoms with Crippen LogP contribution in [0.1, 0.15) is 66.5 Å². The van der Waals surface area contributed by atoms with Gasteiger partial charge in [0.25, 0.3) is 0 Å². The van der Waals surface area contributed by atoms with Gasteiger partial charge in [-0.25, -0.2) is 0 Å². The third kappa shape index (κ3) is 8.14. The van der Waals surface area contributed by atoms with E-state index in [1.54, 1.807) is 19.0 Å². The van der Waals surface area contributed by atoms with Crippen molar-refractivity contribution >= 4 is 16.6 Å². The summed E-state index contributed by atoms with van der Waals surface area (Å²) in [6, 6.07) is 38.6. The summed E-state index contributed by atoms with van der Waals surface area (Å²) in [6.07, 6.45) is 6.73. The maximum atomic E-state index is 5.87. The Hall–Kier alpha value is -9.32. The van der Waals surface area contributed by atoms with Crippen molar-refractivity contribution in [2.75, 3.05) is 40.2 Å². The van der Waals surface area contributed by atoms with Gasteiger partial charge in [-0.1, -0.05) is 54.6 Å². The van der Waals surface area contributed by atoms with Crippen LogP contribution in [-0.4, -0.2) is 84.3 Å². The minimum Gasteiger partial charge on any atom is -0.494 e. The summed E-state index contributed by atoms with van der Waals surface area (Å²) in [7, 11) is 0. The van der Waals surface area contributed by atoms with Gasteiger partial charge in [0.05, 0.1) is 36.7 Å². The van der Waals surface area contributed by atoms with Crippen LogP contribution in [0.3, 0.4) is 0 Å². The Balaban J connectivity index is 0.000000108. The molecule has 376 valence electrons. The van der Waals surface area contributed by atoms with Crippen molar-refractivity contribution in [3.63, 3.8) is 0 Å². The van der Waals surface area contributed by atoms with Crippen LogP contribution < -0.4 is 42.6 Å². The molecule has 0 amide bonds. The van der Waals surface area contributed by atoms with Crippen molar-refractivity contribution in [1.82, 2.24) is 44.1 Å². The van der Waals surface area contributed by atoms with Gasteiger partial charge in [-0.2, -0.15) is 0 Å². The molecule has 18 heteroatoms. The highest BCUT2D eigenvalue weighted by Gasteiger charge is 2.34. The summed E-state index contributed by atoms with van der Waals surface area (Å²) < 4.78 is 57.0. The molecule has 10 aromatic rings. The second-order valence-corrected chi connectivity index (χ2v) is 18.0. The van der Waals surface area contributed by atoms with Gasteiger partial charge < -0.3 is 42.6 Å². The lowest BCUT2D eigenvalue weighted by atomic mass is 9.84. The predicted molar refractivity (Wildman–Crippen MR) is 275 cm³/mol. The Morgan fingerprint density at radius 2 is 0.907 bits per heavy atom. The van der Waals surface area contributed by atoms with E-state index >= 15 is 0 Å².